The fourth-order valence-corrected chi connectivity index (χ4v) is 5.61. The Labute approximate surface area is 204 Å². The van der Waals surface area contributed by atoms with Crippen LogP contribution in [0.25, 0.3) is 11.1 Å². The number of ether oxygens (including phenoxy) is 2. The first kappa shape index (κ1) is 23.4. The summed E-state index contributed by atoms with van der Waals surface area (Å²) < 4.78 is 11.3. The van der Waals surface area contributed by atoms with Crippen LogP contribution < -0.4 is 10.6 Å². The SMILES string of the molecule is O=C(NCC1CC(C(=O)N[C@@H]2CCC[C@@H]2C(=O)O)CO1)OCC1c2ccccc2-c2ccccc21. The van der Waals surface area contributed by atoms with Crippen molar-refractivity contribution in [1.29, 1.82) is 0 Å². The van der Waals surface area contributed by atoms with E-state index in [1.54, 1.807) is 0 Å². The van der Waals surface area contributed by atoms with Crippen LogP contribution in [0.15, 0.2) is 48.5 Å². The lowest BCUT2D eigenvalue weighted by Crippen LogP contribution is -2.43. The third-order valence-electron chi connectivity index (χ3n) is 7.43. The van der Waals surface area contributed by atoms with E-state index in [9.17, 15) is 19.5 Å². The molecule has 1 saturated carbocycles. The summed E-state index contributed by atoms with van der Waals surface area (Å²) in [7, 11) is 0. The highest BCUT2D eigenvalue weighted by Crippen LogP contribution is 2.44. The number of alkyl carbamates (subject to hydrolysis) is 1. The molecule has 0 spiro atoms. The zero-order valence-corrected chi connectivity index (χ0v) is 19.4. The standard InChI is InChI=1S/C27H30N2O6/c30-25(29-24-11-5-10-22(24)26(31)32)16-12-17(34-14-16)13-28-27(33)35-15-23-20-8-3-1-6-18(20)19-7-2-4-9-21(19)23/h1-4,6-9,16-17,22-24H,5,10-15H2,(H,28,33)(H,29,30)(H,31,32)/t16?,17?,22-,24+/m0/s1. The lowest BCUT2D eigenvalue weighted by Gasteiger charge is -2.19. The summed E-state index contributed by atoms with van der Waals surface area (Å²) in [6, 6.07) is 16.0. The van der Waals surface area contributed by atoms with Crippen molar-refractivity contribution in [3.8, 4) is 11.1 Å². The predicted octanol–water partition coefficient (Wildman–Crippen LogP) is 3.30. The number of nitrogens with one attached hydrogen (secondary N) is 2. The van der Waals surface area contributed by atoms with Crippen molar-refractivity contribution in [2.75, 3.05) is 19.8 Å². The second-order valence-corrected chi connectivity index (χ2v) is 9.59. The normalized spacial score (nSPS) is 25.0. The van der Waals surface area contributed by atoms with Crippen LogP contribution in [0.3, 0.4) is 0 Å². The second kappa shape index (κ2) is 10.1. The Hall–Kier alpha value is -3.39. The summed E-state index contributed by atoms with van der Waals surface area (Å²) in [6.45, 7) is 0.748. The van der Waals surface area contributed by atoms with Crippen LogP contribution in [0, 0.1) is 11.8 Å². The summed E-state index contributed by atoms with van der Waals surface area (Å²) in [5.74, 6) is -1.91. The molecule has 0 radical (unpaired) electrons. The van der Waals surface area contributed by atoms with E-state index < -0.39 is 18.0 Å². The van der Waals surface area contributed by atoms with Gasteiger partial charge >= 0.3 is 12.1 Å². The van der Waals surface area contributed by atoms with Gasteiger partial charge < -0.3 is 25.2 Å². The molecule has 4 atom stereocenters. The Morgan fingerprint density at radius 1 is 1.00 bits per heavy atom. The van der Waals surface area contributed by atoms with Gasteiger partial charge in [0, 0.05) is 18.5 Å². The number of rotatable bonds is 7. The maximum Gasteiger partial charge on any atom is 0.407 e. The fourth-order valence-electron chi connectivity index (χ4n) is 5.61. The zero-order chi connectivity index (χ0) is 24.4. The van der Waals surface area contributed by atoms with Crippen LogP contribution in [0.1, 0.15) is 42.7 Å². The first-order valence-electron chi connectivity index (χ1n) is 12.2. The fraction of sp³-hybridized carbons (Fsp3) is 0.444. The molecule has 2 aromatic carbocycles. The van der Waals surface area contributed by atoms with Crippen LogP contribution in [0.2, 0.25) is 0 Å². The van der Waals surface area contributed by atoms with E-state index in [-0.39, 0.29) is 49.6 Å². The third kappa shape index (κ3) is 4.89. The van der Waals surface area contributed by atoms with Crippen LogP contribution in [-0.2, 0) is 19.1 Å². The smallest absolute Gasteiger partial charge is 0.407 e. The van der Waals surface area contributed by atoms with Gasteiger partial charge in [-0.2, -0.15) is 0 Å². The van der Waals surface area contributed by atoms with E-state index in [0.29, 0.717) is 19.3 Å². The zero-order valence-electron chi connectivity index (χ0n) is 19.4. The van der Waals surface area contributed by atoms with Gasteiger partial charge in [0.1, 0.15) is 6.61 Å². The van der Waals surface area contributed by atoms with Gasteiger partial charge in [-0.05, 0) is 41.5 Å². The van der Waals surface area contributed by atoms with Crippen molar-refractivity contribution in [3.63, 3.8) is 0 Å². The number of carbonyl (C=O) groups is 3. The number of aliphatic carboxylic acids is 1. The summed E-state index contributed by atoms with van der Waals surface area (Å²) in [4.78, 5) is 36.4. The number of hydrogen-bond donors (Lipinski definition) is 3. The molecule has 8 nitrogen and oxygen atoms in total. The average molecular weight is 479 g/mol. The summed E-state index contributed by atoms with van der Waals surface area (Å²) >= 11 is 0. The van der Waals surface area contributed by atoms with Gasteiger partial charge in [-0.1, -0.05) is 55.0 Å². The molecular formula is C27H30N2O6. The lowest BCUT2D eigenvalue weighted by atomic mass is 9.98. The van der Waals surface area contributed by atoms with E-state index >= 15 is 0 Å². The molecule has 3 aliphatic rings. The minimum Gasteiger partial charge on any atom is -0.481 e. The third-order valence-corrected chi connectivity index (χ3v) is 7.43. The first-order chi connectivity index (χ1) is 17.0. The van der Waals surface area contributed by atoms with Gasteiger partial charge in [0.25, 0.3) is 0 Å². The molecule has 1 heterocycles. The highest BCUT2D eigenvalue weighted by Gasteiger charge is 2.37. The average Bonchev–Trinajstić information content (AvgIpc) is 3.59. The van der Waals surface area contributed by atoms with Crippen LogP contribution >= 0.6 is 0 Å². The first-order valence-corrected chi connectivity index (χ1v) is 12.2. The van der Waals surface area contributed by atoms with Gasteiger partial charge in [0.2, 0.25) is 5.91 Å². The number of amides is 2. The van der Waals surface area contributed by atoms with E-state index in [1.165, 1.54) is 11.1 Å². The van der Waals surface area contributed by atoms with Crippen molar-refractivity contribution in [2.45, 2.75) is 43.7 Å². The van der Waals surface area contributed by atoms with Crippen LogP contribution in [0.4, 0.5) is 4.79 Å². The number of carbonyl (C=O) groups excluding carboxylic acids is 2. The van der Waals surface area contributed by atoms with Gasteiger partial charge in [0.15, 0.2) is 0 Å². The Kier molecular flexibility index (Phi) is 6.72. The molecule has 2 fully saturated rings. The van der Waals surface area contributed by atoms with Gasteiger partial charge in [0.05, 0.1) is 24.5 Å². The van der Waals surface area contributed by atoms with E-state index in [1.807, 2.05) is 24.3 Å². The number of carboxylic acids is 1. The largest absolute Gasteiger partial charge is 0.481 e. The number of hydrogen-bond acceptors (Lipinski definition) is 5. The number of carboxylic acid groups (broad SMARTS) is 1. The molecule has 0 bridgehead atoms. The maximum absolute atomic E-state index is 12.6. The number of fused-ring (bicyclic) bond motifs is 3. The predicted molar refractivity (Wildman–Crippen MR) is 128 cm³/mol. The Morgan fingerprint density at radius 2 is 1.69 bits per heavy atom. The van der Waals surface area contributed by atoms with Crippen LogP contribution in [-0.4, -0.2) is 55.0 Å². The van der Waals surface area contributed by atoms with Crippen molar-refractivity contribution in [3.05, 3.63) is 59.7 Å². The van der Waals surface area contributed by atoms with Crippen molar-refractivity contribution >= 4 is 18.0 Å². The molecule has 2 aromatic rings. The molecule has 184 valence electrons. The van der Waals surface area contributed by atoms with Gasteiger partial charge in [-0.3, -0.25) is 9.59 Å². The summed E-state index contributed by atoms with van der Waals surface area (Å²) in [5.41, 5.74) is 4.66. The van der Waals surface area contributed by atoms with Crippen molar-refractivity contribution in [1.82, 2.24) is 10.6 Å². The maximum atomic E-state index is 12.6. The second-order valence-electron chi connectivity index (χ2n) is 9.59. The monoisotopic (exact) mass is 478 g/mol. The molecule has 5 rings (SSSR count). The quantitative estimate of drug-likeness (QED) is 0.563. The van der Waals surface area contributed by atoms with Gasteiger partial charge in [-0.25, -0.2) is 4.79 Å². The molecule has 8 heteroatoms. The topological polar surface area (TPSA) is 114 Å². The molecule has 1 aliphatic heterocycles. The molecule has 3 N–H and O–H groups in total. The van der Waals surface area contributed by atoms with E-state index in [4.69, 9.17) is 9.47 Å². The highest BCUT2D eigenvalue weighted by molar-refractivity contribution is 5.81. The molecule has 2 aliphatic carbocycles. The molecule has 2 amide bonds. The number of benzene rings is 2. The summed E-state index contributed by atoms with van der Waals surface area (Å²) in [5, 5.41) is 15.0. The molecule has 1 saturated heterocycles. The Morgan fingerprint density at radius 3 is 2.37 bits per heavy atom. The van der Waals surface area contributed by atoms with E-state index in [0.717, 1.165) is 17.5 Å². The molecule has 35 heavy (non-hydrogen) atoms. The molecular weight excluding hydrogens is 448 g/mol. The minimum atomic E-state index is -0.861. The molecule has 0 aromatic heterocycles. The lowest BCUT2D eigenvalue weighted by molar-refractivity contribution is -0.142. The van der Waals surface area contributed by atoms with Gasteiger partial charge in [-0.15, -0.1) is 0 Å². The summed E-state index contributed by atoms with van der Waals surface area (Å²) in [6.07, 6.45) is 1.75. The minimum absolute atomic E-state index is 0.00540. The Balaban J connectivity index is 1.08. The van der Waals surface area contributed by atoms with Crippen molar-refractivity contribution in [2.24, 2.45) is 11.8 Å². The molecule has 2 unspecified atom stereocenters. The highest BCUT2D eigenvalue weighted by atomic mass is 16.5. The van der Waals surface area contributed by atoms with E-state index in [2.05, 4.69) is 34.9 Å². The Bertz CT molecular complexity index is 1070. The van der Waals surface area contributed by atoms with Crippen molar-refractivity contribution < 1.29 is 29.0 Å². The van der Waals surface area contributed by atoms with Crippen LogP contribution in [0.5, 0.6) is 0 Å².